The molecule has 0 heterocycles. The molecule has 2 aromatic rings. The Kier molecular flexibility index (Phi) is 5.31. The molecule has 2 rings (SSSR count). The highest BCUT2D eigenvalue weighted by atomic mass is 79.9. The van der Waals surface area contributed by atoms with Crippen LogP contribution in [0.1, 0.15) is 16.0 Å². The van der Waals surface area contributed by atoms with Gasteiger partial charge in [-0.3, -0.25) is 0 Å². The molecule has 1 unspecified atom stereocenters. The van der Waals surface area contributed by atoms with Crippen molar-refractivity contribution >= 4 is 43.5 Å². The average Bonchev–Trinajstić information content (AvgIpc) is 2.39. The van der Waals surface area contributed by atoms with Gasteiger partial charge in [0, 0.05) is 14.3 Å². The number of halogens is 3. The fourth-order valence-corrected chi connectivity index (χ4v) is 3.67. The fourth-order valence-electron chi connectivity index (χ4n) is 1.87. The van der Waals surface area contributed by atoms with E-state index in [1.165, 1.54) is 11.1 Å². The highest BCUT2D eigenvalue weighted by Gasteiger charge is 2.13. The Morgan fingerprint density at radius 2 is 2.00 bits per heavy atom. The minimum Gasteiger partial charge on any atom is -0.497 e. The topological polar surface area (TPSA) is 9.23 Å². The molecular formula is C15H13Br2ClO. The summed E-state index contributed by atoms with van der Waals surface area (Å²) in [6.07, 6.45) is 0.867. The third-order valence-electron chi connectivity index (χ3n) is 2.84. The van der Waals surface area contributed by atoms with Crippen molar-refractivity contribution in [2.45, 2.75) is 11.2 Å². The summed E-state index contributed by atoms with van der Waals surface area (Å²) >= 11 is 13.3. The van der Waals surface area contributed by atoms with Gasteiger partial charge in [0.05, 0.1) is 7.11 Å². The molecule has 2 aromatic carbocycles. The first kappa shape index (κ1) is 14.9. The lowest BCUT2D eigenvalue weighted by molar-refractivity contribution is 0.414. The van der Waals surface area contributed by atoms with Crippen LogP contribution in [0.2, 0.25) is 5.02 Å². The zero-order valence-electron chi connectivity index (χ0n) is 10.4. The Labute approximate surface area is 135 Å². The highest BCUT2D eigenvalue weighted by molar-refractivity contribution is 9.11. The molecule has 0 bridgehead atoms. The molecule has 4 heteroatoms. The molecule has 19 heavy (non-hydrogen) atoms. The average molecular weight is 405 g/mol. The molecule has 0 aliphatic carbocycles. The van der Waals surface area contributed by atoms with Gasteiger partial charge in [0.1, 0.15) is 5.75 Å². The van der Waals surface area contributed by atoms with Gasteiger partial charge >= 0.3 is 0 Å². The van der Waals surface area contributed by atoms with Crippen LogP contribution in [0, 0.1) is 0 Å². The normalized spacial score (nSPS) is 12.2. The third kappa shape index (κ3) is 3.98. The van der Waals surface area contributed by atoms with Crippen molar-refractivity contribution in [2.75, 3.05) is 7.11 Å². The van der Waals surface area contributed by atoms with E-state index < -0.39 is 0 Å². The number of hydrogen-bond donors (Lipinski definition) is 0. The lowest BCUT2D eigenvalue weighted by Gasteiger charge is -2.14. The first-order valence-electron chi connectivity index (χ1n) is 5.82. The van der Waals surface area contributed by atoms with Gasteiger partial charge in [0.25, 0.3) is 0 Å². The van der Waals surface area contributed by atoms with Gasteiger partial charge in [0.15, 0.2) is 0 Å². The molecule has 0 aliphatic rings. The summed E-state index contributed by atoms with van der Waals surface area (Å²) in [5.41, 5.74) is 2.36. The van der Waals surface area contributed by atoms with E-state index in [4.69, 9.17) is 16.3 Å². The maximum Gasteiger partial charge on any atom is 0.119 e. The number of ether oxygens (including phenoxy) is 1. The molecule has 0 amide bonds. The largest absolute Gasteiger partial charge is 0.497 e. The molecule has 0 fully saturated rings. The second-order valence-corrected chi connectivity index (χ2v) is 6.59. The van der Waals surface area contributed by atoms with Gasteiger partial charge in [-0.2, -0.15) is 0 Å². The van der Waals surface area contributed by atoms with Crippen LogP contribution in [0.15, 0.2) is 46.9 Å². The molecular weight excluding hydrogens is 391 g/mol. The molecule has 0 aliphatic heterocycles. The van der Waals surface area contributed by atoms with E-state index in [0.29, 0.717) is 0 Å². The summed E-state index contributed by atoms with van der Waals surface area (Å²) in [5.74, 6) is 0.855. The Morgan fingerprint density at radius 3 is 2.68 bits per heavy atom. The standard InChI is InChI=1S/C15H13Br2ClO/c1-19-12-5-6-14(16)13(9-12)15(17)8-10-3-2-4-11(18)7-10/h2-7,9,15H,8H2,1H3. The summed E-state index contributed by atoms with van der Waals surface area (Å²) in [4.78, 5) is 0.204. The van der Waals surface area contributed by atoms with Crippen LogP contribution in [0.3, 0.4) is 0 Å². The fraction of sp³-hybridized carbons (Fsp3) is 0.200. The maximum absolute atomic E-state index is 6.01. The molecule has 1 nitrogen and oxygen atoms in total. The van der Waals surface area contributed by atoms with Crippen molar-refractivity contribution in [3.05, 3.63) is 63.1 Å². The summed E-state index contributed by atoms with van der Waals surface area (Å²) in [5, 5.41) is 0.766. The minimum absolute atomic E-state index is 0.204. The van der Waals surface area contributed by atoms with E-state index >= 15 is 0 Å². The summed E-state index contributed by atoms with van der Waals surface area (Å²) in [6, 6.07) is 13.9. The first-order chi connectivity index (χ1) is 9.10. The van der Waals surface area contributed by atoms with E-state index in [9.17, 15) is 0 Å². The van der Waals surface area contributed by atoms with Gasteiger partial charge in [0.2, 0.25) is 0 Å². The molecule has 100 valence electrons. The number of rotatable bonds is 4. The van der Waals surface area contributed by atoms with E-state index in [2.05, 4.69) is 37.9 Å². The van der Waals surface area contributed by atoms with Crippen molar-refractivity contribution in [3.63, 3.8) is 0 Å². The van der Waals surface area contributed by atoms with Crippen molar-refractivity contribution < 1.29 is 4.74 Å². The Morgan fingerprint density at radius 1 is 1.21 bits per heavy atom. The van der Waals surface area contributed by atoms with Crippen LogP contribution in [0.5, 0.6) is 5.75 Å². The van der Waals surface area contributed by atoms with E-state index in [0.717, 1.165) is 21.7 Å². The smallest absolute Gasteiger partial charge is 0.119 e. The molecule has 0 saturated heterocycles. The third-order valence-corrected chi connectivity index (χ3v) is 4.62. The van der Waals surface area contributed by atoms with Crippen LogP contribution in [-0.4, -0.2) is 7.11 Å². The monoisotopic (exact) mass is 402 g/mol. The van der Waals surface area contributed by atoms with Crippen molar-refractivity contribution in [1.82, 2.24) is 0 Å². The summed E-state index contributed by atoms with van der Waals surface area (Å²) in [6.45, 7) is 0. The van der Waals surface area contributed by atoms with Crippen LogP contribution in [0.25, 0.3) is 0 Å². The van der Waals surface area contributed by atoms with Crippen molar-refractivity contribution in [1.29, 1.82) is 0 Å². The minimum atomic E-state index is 0.204. The molecule has 0 saturated carbocycles. The molecule has 0 spiro atoms. The van der Waals surface area contributed by atoms with Crippen LogP contribution < -0.4 is 4.74 Å². The second-order valence-electron chi connectivity index (χ2n) is 4.19. The lowest BCUT2D eigenvalue weighted by atomic mass is 10.0. The van der Waals surface area contributed by atoms with Crippen LogP contribution in [0.4, 0.5) is 0 Å². The SMILES string of the molecule is COc1ccc(Br)c(C(Br)Cc2cccc(Cl)c2)c1. The molecule has 0 aromatic heterocycles. The van der Waals surface area contributed by atoms with Gasteiger partial charge in [-0.05, 0) is 47.9 Å². The van der Waals surface area contributed by atoms with E-state index in [-0.39, 0.29) is 4.83 Å². The predicted octanol–water partition coefficient (Wildman–Crippen LogP) is 5.79. The molecule has 0 N–H and O–H groups in total. The highest BCUT2D eigenvalue weighted by Crippen LogP contribution is 2.35. The Hall–Kier alpha value is -0.510. The first-order valence-corrected chi connectivity index (χ1v) is 7.91. The maximum atomic E-state index is 6.01. The molecule has 0 radical (unpaired) electrons. The zero-order chi connectivity index (χ0) is 13.8. The van der Waals surface area contributed by atoms with E-state index in [1.54, 1.807) is 7.11 Å². The zero-order valence-corrected chi connectivity index (χ0v) is 14.3. The number of benzene rings is 2. The summed E-state index contributed by atoms with van der Waals surface area (Å²) < 4.78 is 6.33. The Balaban J connectivity index is 2.22. The van der Waals surface area contributed by atoms with Gasteiger partial charge < -0.3 is 4.74 Å². The van der Waals surface area contributed by atoms with E-state index in [1.807, 2.05) is 36.4 Å². The second kappa shape index (κ2) is 6.78. The predicted molar refractivity (Wildman–Crippen MR) is 87.5 cm³/mol. The van der Waals surface area contributed by atoms with Crippen LogP contribution >= 0.6 is 43.5 Å². The number of methoxy groups -OCH3 is 1. The number of alkyl halides is 1. The quantitative estimate of drug-likeness (QED) is 0.586. The van der Waals surface area contributed by atoms with Gasteiger partial charge in [-0.1, -0.05) is 55.6 Å². The summed E-state index contributed by atoms with van der Waals surface area (Å²) in [7, 11) is 1.67. The van der Waals surface area contributed by atoms with Crippen LogP contribution in [-0.2, 0) is 6.42 Å². The molecule has 1 atom stereocenters. The van der Waals surface area contributed by atoms with Gasteiger partial charge in [-0.25, -0.2) is 0 Å². The van der Waals surface area contributed by atoms with Gasteiger partial charge in [-0.15, -0.1) is 0 Å². The lowest BCUT2D eigenvalue weighted by Crippen LogP contribution is -1.97. The van der Waals surface area contributed by atoms with Crippen molar-refractivity contribution in [2.24, 2.45) is 0 Å². The number of hydrogen-bond acceptors (Lipinski definition) is 1. The Bertz CT molecular complexity index is 572. The van der Waals surface area contributed by atoms with Crippen molar-refractivity contribution in [3.8, 4) is 5.75 Å².